The summed E-state index contributed by atoms with van der Waals surface area (Å²) in [7, 11) is 0. The van der Waals surface area contributed by atoms with Gasteiger partial charge in [0.15, 0.2) is 0 Å². The van der Waals surface area contributed by atoms with Crippen molar-refractivity contribution < 1.29 is 4.79 Å². The quantitative estimate of drug-likeness (QED) is 0.740. The Bertz CT molecular complexity index is 929. The smallest absolute Gasteiger partial charge is 0.254 e. The van der Waals surface area contributed by atoms with Crippen LogP contribution in [0.15, 0.2) is 65.5 Å². The molecule has 1 heterocycles. The molecule has 1 aromatic heterocycles. The molecule has 1 amide bonds. The maximum Gasteiger partial charge on any atom is 0.254 e. The van der Waals surface area contributed by atoms with Crippen LogP contribution in [0.1, 0.15) is 12.5 Å². The van der Waals surface area contributed by atoms with Gasteiger partial charge in [-0.05, 0) is 43.5 Å². The van der Waals surface area contributed by atoms with Gasteiger partial charge in [-0.1, -0.05) is 36.4 Å². The van der Waals surface area contributed by atoms with Crippen LogP contribution in [0.4, 0.5) is 5.69 Å². The zero-order chi connectivity index (χ0) is 17.1. The van der Waals surface area contributed by atoms with E-state index in [9.17, 15) is 9.59 Å². The molecule has 0 aliphatic carbocycles. The van der Waals surface area contributed by atoms with Crippen molar-refractivity contribution in [2.24, 2.45) is 0 Å². The average Bonchev–Trinajstić information content (AvgIpc) is 2.60. The number of carbonyl (C=O) groups excluding carboxylic acids is 1. The highest BCUT2D eigenvalue weighted by atomic mass is 16.2. The number of rotatable bonds is 4. The van der Waals surface area contributed by atoms with Crippen LogP contribution in [0.3, 0.4) is 0 Å². The van der Waals surface area contributed by atoms with E-state index < -0.39 is 0 Å². The van der Waals surface area contributed by atoms with Crippen molar-refractivity contribution in [3.8, 4) is 0 Å². The molecule has 0 spiro atoms. The largest absolute Gasteiger partial charge is 0.311 e. The number of pyridine rings is 1. The molecular formula is C20H20N2O2. The number of benzene rings is 2. The van der Waals surface area contributed by atoms with Gasteiger partial charge in [-0.2, -0.15) is 0 Å². The first kappa shape index (κ1) is 16.0. The first-order valence-electron chi connectivity index (χ1n) is 8.06. The third kappa shape index (κ3) is 2.95. The maximum atomic E-state index is 12.8. The van der Waals surface area contributed by atoms with E-state index >= 15 is 0 Å². The molecule has 0 fully saturated rings. The van der Waals surface area contributed by atoms with Gasteiger partial charge in [0.1, 0.15) is 6.54 Å². The number of aryl methyl sites for hydroxylation is 1. The molecule has 3 rings (SSSR count). The summed E-state index contributed by atoms with van der Waals surface area (Å²) in [6.07, 6.45) is 0. The molecule has 0 aliphatic heterocycles. The lowest BCUT2D eigenvalue weighted by atomic mass is 10.1. The molecule has 0 atom stereocenters. The molecule has 0 saturated heterocycles. The fourth-order valence-electron chi connectivity index (χ4n) is 2.96. The van der Waals surface area contributed by atoms with Crippen LogP contribution < -0.4 is 10.5 Å². The minimum absolute atomic E-state index is 0.0315. The molecule has 122 valence electrons. The molecule has 3 aromatic rings. The van der Waals surface area contributed by atoms with Gasteiger partial charge in [-0.15, -0.1) is 0 Å². The first-order valence-corrected chi connectivity index (χ1v) is 8.06. The van der Waals surface area contributed by atoms with Crippen molar-refractivity contribution in [1.82, 2.24) is 4.57 Å². The number of carbonyl (C=O) groups is 1. The Balaban J connectivity index is 2.02. The van der Waals surface area contributed by atoms with Gasteiger partial charge in [0, 0.05) is 17.8 Å². The number of hydrogen-bond donors (Lipinski definition) is 0. The molecule has 4 nitrogen and oxygen atoms in total. The second kappa shape index (κ2) is 6.71. The van der Waals surface area contributed by atoms with Crippen molar-refractivity contribution in [3.05, 3.63) is 76.6 Å². The van der Waals surface area contributed by atoms with E-state index in [0.717, 1.165) is 16.6 Å². The van der Waals surface area contributed by atoms with Crippen molar-refractivity contribution in [2.75, 3.05) is 11.4 Å². The van der Waals surface area contributed by atoms with Gasteiger partial charge >= 0.3 is 0 Å². The Hall–Kier alpha value is -2.88. The van der Waals surface area contributed by atoms with Crippen LogP contribution in [-0.2, 0) is 11.3 Å². The third-order valence-electron chi connectivity index (χ3n) is 4.16. The normalized spacial score (nSPS) is 10.8. The Kier molecular flexibility index (Phi) is 4.47. The predicted molar refractivity (Wildman–Crippen MR) is 97.4 cm³/mol. The zero-order valence-electron chi connectivity index (χ0n) is 13.9. The van der Waals surface area contributed by atoms with Crippen molar-refractivity contribution >= 4 is 22.5 Å². The summed E-state index contributed by atoms with van der Waals surface area (Å²) in [4.78, 5) is 27.1. The number of hydrogen-bond acceptors (Lipinski definition) is 2. The van der Waals surface area contributed by atoms with Crippen LogP contribution in [0.25, 0.3) is 10.9 Å². The van der Waals surface area contributed by atoms with Crippen LogP contribution in [-0.4, -0.2) is 17.0 Å². The Morgan fingerprint density at radius 2 is 1.71 bits per heavy atom. The summed E-state index contributed by atoms with van der Waals surface area (Å²) in [6.45, 7) is 4.30. The van der Waals surface area contributed by atoms with E-state index in [2.05, 4.69) is 0 Å². The van der Waals surface area contributed by atoms with E-state index in [0.29, 0.717) is 12.1 Å². The van der Waals surface area contributed by atoms with Crippen molar-refractivity contribution in [1.29, 1.82) is 0 Å². The summed E-state index contributed by atoms with van der Waals surface area (Å²) in [5.74, 6) is -0.0958. The minimum atomic E-state index is -0.119. The third-order valence-corrected chi connectivity index (χ3v) is 4.16. The van der Waals surface area contributed by atoms with Crippen LogP contribution >= 0.6 is 0 Å². The van der Waals surface area contributed by atoms with Gasteiger partial charge < -0.3 is 4.90 Å². The van der Waals surface area contributed by atoms with Gasteiger partial charge in [0.25, 0.3) is 5.56 Å². The molecule has 0 unspecified atom stereocenters. The molecule has 0 N–H and O–H groups in total. The van der Waals surface area contributed by atoms with Crippen LogP contribution in [0.5, 0.6) is 0 Å². The highest BCUT2D eigenvalue weighted by Gasteiger charge is 2.16. The zero-order valence-corrected chi connectivity index (χ0v) is 13.9. The first-order chi connectivity index (χ1) is 11.6. The number of fused-ring (bicyclic) bond motifs is 1. The topological polar surface area (TPSA) is 42.3 Å². The van der Waals surface area contributed by atoms with E-state index in [1.54, 1.807) is 16.4 Å². The van der Waals surface area contributed by atoms with Gasteiger partial charge in [0.05, 0.1) is 5.52 Å². The second-order valence-electron chi connectivity index (χ2n) is 5.75. The molecular weight excluding hydrogens is 300 g/mol. The number of likely N-dealkylation sites (N-methyl/N-ethyl adjacent to an activating group) is 1. The monoisotopic (exact) mass is 320 g/mol. The van der Waals surface area contributed by atoms with E-state index in [1.165, 1.54) is 0 Å². The van der Waals surface area contributed by atoms with E-state index in [1.807, 2.05) is 67.6 Å². The summed E-state index contributed by atoms with van der Waals surface area (Å²) in [5.41, 5.74) is 2.15. The standard InChI is InChI=1S/C20H20N2O2/c1-3-21(17-10-5-4-6-11-17)19(23)14-22-18-12-8-7-9-16(18)13-15(2)20(22)24/h4-13H,3,14H2,1-2H3. The van der Waals surface area contributed by atoms with Crippen LogP contribution in [0.2, 0.25) is 0 Å². The number of aromatic nitrogens is 1. The average molecular weight is 320 g/mol. The lowest BCUT2D eigenvalue weighted by Gasteiger charge is -2.22. The lowest BCUT2D eigenvalue weighted by Crippen LogP contribution is -2.37. The summed E-state index contributed by atoms with van der Waals surface area (Å²) in [5, 5.41) is 0.963. The number of amides is 1. The molecule has 0 radical (unpaired) electrons. The summed E-state index contributed by atoms with van der Waals surface area (Å²) < 4.78 is 1.57. The maximum absolute atomic E-state index is 12.8. The summed E-state index contributed by atoms with van der Waals surface area (Å²) in [6, 6.07) is 19.0. The van der Waals surface area contributed by atoms with Crippen LogP contribution in [0, 0.1) is 6.92 Å². The van der Waals surface area contributed by atoms with Gasteiger partial charge in [-0.25, -0.2) is 0 Å². The molecule has 24 heavy (non-hydrogen) atoms. The highest BCUT2D eigenvalue weighted by Crippen LogP contribution is 2.16. The fourth-order valence-corrected chi connectivity index (χ4v) is 2.96. The number of para-hydroxylation sites is 2. The molecule has 0 bridgehead atoms. The SMILES string of the molecule is CCN(C(=O)Cn1c(=O)c(C)cc2ccccc21)c1ccccc1. The Morgan fingerprint density at radius 3 is 2.42 bits per heavy atom. The fraction of sp³-hybridized carbons (Fsp3) is 0.200. The van der Waals surface area contributed by atoms with E-state index in [-0.39, 0.29) is 18.0 Å². The van der Waals surface area contributed by atoms with Crippen molar-refractivity contribution in [3.63, 3.8) is 0 Å². The Morgan fingerprint density at radius 1 is 1.04 bits per heavy atom. The molecule has 0 saturated carbocycles. The lowest BCUT2D eigenvalue weighted by molar-refractivity contribution is -0.119. The Labute approximate surface area is 141 Å². The van der Waals surface area contributed by atoms with Crippen molar-refractivity contribution in [2.45, 2.75) is 20.4 Å². The second-order valence-corrected chi connectivity index (χ2v) is 5.75. The van der Waals surface area contributed by atoms with E-state index in [4.69, 9.17) is 0 Å². The molecule has 4 heteroatoms. The van der Waals surface area contributed by atoms with Gasteiger partial charge in [0.2, 0.25) is 5.91 Å². The highest BCUT2D eigenvalue weighted by molar-refractivity contribution is 5.94. The molecule has 0 aliphatic rings. The minimum Gasteiger partial charge on any atom is -0.311 e. The molecule has 2 aromatic carbocycles. The number of anilines is 1. The predicted octanol–water partition coefficient (Wildman–Crippen LogP) is 3.36. The van der Waals surface area contributed by atoms with Gasteiger partial charge in [-0.3, -0.25) is 14.2 Å². The summed E-state index contributed by atoms with van der Waals surface area (Å²) >= 11 is 0. The number of nitrogens with zero attached hydrogens (tertiary/aromatic N) is 2.